The van der Waals surface area contributed by atoms with E-state index < -0.39 is 10.5 Å². The van der Waals surface area contributed by atoms with Crippen molar-refractivity contribution in [1.29, 1.82) is 0 Å². The van der Waals surface area contributed by atoms with E-state index in [1.165, 1.54) is 0 Å². The van der Waals surface area contributed by atoms with Crippen LogP contribution in [0.4, 0.5) is 0 Å². The van der Waals surface area contributed by atoms with Crippen LogP contribution < -0.4 is 4.98 Å². The van der Waals surface area contributed by atoms with E-state index in [1.54, 1.807) is 0 Å². The highest BCUT2D eigenvalue weighted by atomic mass is 32.2. The monoisotopic (exact) mass is 158 g/mol. The van der Waals surface area contributed by atoms with Crippen molar-refractivity contribution < 1.29 is 13.4 Å². The first-order valence-corrected chi connectivity index (χ1v) is 3.46. The minimum absolute atomic E-state index is 1.88. The van der Waals surface area contributed by atoms with E-state index in [2.05, 4.69) is 4.98 Å². The molecule has 1 aromatic rings. The van der Waals surface area contributed by atoms with Crippen LogP contribution >= 0.6 is 0 Å². The SMILES string of the molecule is [N-]=S(=O)=O.c1cc[nH+]cc1. The summed E-state index contributed by atoms with van der Waals surface area (Å²) in [5, 5.41) is 0. The van der Waals surface area contributed by atoms with Crippen molar-refractivity contribution in [1.82, 2.24) is 0 Å². The summed E-state index contributed by atoms with van der Waals surface area (Å²) in [5.41, 5.74) is 0. The number of rotatable bonds is 0. The number of H-pyrrole nitrogens is 1. The van der Waals surface area contributed by atoms with Gasteiger partial charge < -0.3 is 4.78 Å². The van der Waals surface area contributed by atoms with Gasteiger partial charge in [-0.3, -0.25) is 0 Å². The van der Waals surface area contributed by atoms with Gasteiger partial charge in [-0.15, -0.1) is 0 Å². The van der Waals surface area contributed by atoms with E-state index >= 15 is 0 Å². The zero-order valence-corrected chi connectivity index (χ0v) is 5.88. The molecule has 0 saturated heterocycles. The Balaban J connectivity index is 0.000000180. The van der Waals surface area contributed by atoms with E-state index in [4.69, 9.17) is 13.2 Å². The van der Waals surface area contributed by atoms with E-state index in [1.807, 2.05) is 30.6 Å². The lowest BCUT2D eigenvalue weighted by molar-refractivity contribution is -0.377. The Morgan fingerprint density at radius 3 is 1.60 bits per heavy atom. The Morgan fingerprint density at radius 1 is 1.10 bits per heavy atom. The summed E-state index contributed by atoms with van der Waals surface area (Å²) >= 11 is 0. The molecule has 0 atom stereocenters. The van der Waals surface area contributed by atoms with E-state index in [0.717, 1.165) is 0 Å². The third-order valence-corrected chi connectivity index (χ3v) is 0.607. The average molecular weight is 158 g/mol. The Morgan fingerprint density at radius 2 is 1.50 bits per heavy atom. The number of aromatic nitrogens is 1. The van der Waals surface area contributed by atoms with Gasteiger partial charge in [0.05, 0.1) is 0 Å². The standard InChI is InChI=1S/C5H5N.NO2S/c1-2-4-6-5-3-1;1-4(2)3/h1-5H;/q;-1/p+1. The predicted octanol–water partition coefficient (Wildman–Crippen LogP) is 0.119. The third kappa shape index (κ3) is 9.91. The highest BCUT2D eigenvalue weighted by Gasteiger charge is 1.65. The molecule has 1 aromatic heterocycles. The number of hydrogen-bond acceptors (Lipinski definition) is 2. The van der Waals surface area contributed by atoms with Crippen molar-refractivity contribution in [3.8, 4) is 0 Å². The molecule has 1 N–H and O–H groups in total. The summed E-state index contributed by atoms with van der Waals surface area (Å²) in [7, 11) is -2.86. The topological polar surface area (TPSA) is 70.6 Å². The van der Waals surface area contributed by atoms with Gasteiger partial charge >= 0.3 is 0 Å². The smallest absolute Gasteiger partial charge is 0.166 e. The molecule has 0 bridgehead atoms. The zero-order chi connectivity index (χ0) is 7.82. The normalized spacial score (nSPS) is 7.20. The lowest BCUT2D eigenvalue weighted by Crippen LogP contribution is -1.93. The van der Waals surface area contributed by atoms with Crippen LogP contribution in [0.1, 0.15) is 0 Å². The highest BCUT2D eigenvalue weighted by molar-refractivity contribution is 7.63. The molecular weight excluding hydrogens is 152 g/mol. The van der Waals surface area contributed by atoms with Crippen LogP contribution in [0, 0.1) is 0 Å². The van der Waals surface area contributed by atoms with Crippen molar-refractivity contribution in [3.63, 3.8) is 0 Å². The minimum Gasteiger partial charge on any atom is -0.686 e. The van der Waals surface area contributed by atoms with Crippen LogP contribution in [-0.2, 0) is 10.5 Å². The molecule has 0 spiro atoms. The molecule has 5 heteroatoms. The Bertz CT molecular complexity index is 220. The molecule has 10 heavy (non-hydrogen) atoms. The van der Waals surface area contributed by atoms with Gasteiger partial charge in [0.25, 0.3) is 0 Å². The van der Waals surface area contributed by atoms with E-state index in [0.29, 0.717) is 0 Å². The van der Waals surface area contributed by atoms with Gasteiger partial charge in [-0.05, 0) is 0 Å². The molecule has 0 aliphatic carbocycles. The number of pyridine rings is 1. The first-order valence-electron chi connectivity index (χ1n) is 2.43. The molecule has 4 nitrogen and oxygen atoms in total. The second-order valence-electron chi connectivity index (χ2n) is 1.29. The molecule has 0 unspecified atom stereocenters. The Hall–Kier alpha value is -1.23. The summed E-state index contributed by atoms with van der Waals surface area (Å²) in [6, 6.07) is 5.86. The van der Waals surface area contributed by atoms with Crippen molar-refractivity contribution in [3.05, 3.63) is 35.4 Å². The first kappa shape index (κ1) is 8.77. The second-order valence-corrected chi connectivity index (χ2v) is 1.73. The van der Waals surface area contributed by atoms with Crippen molar-refractivity contribution in [2.75, 3.05) is 0 Å². The molecule has 0 radical (unpaired) electrons. The fraction of sp³-hybridized carbons (Fsp3) is 0. The van der Waals surface area contributed by atoms with Gasteiger partial charge in [-0.1, -0.05) is 6.07 Å². The number of hydrogen-bond donors (Lipinski definition) is 0. The average Bonchev–Trinajstić information content (AvgIpc) is 1.90. The highest BCUT2D eigenvalue weighted by Crippen LogP contribution is 1.68. The van der Waals surface area contributed by atoms with Gasteiger partial charge in [0.15, 0.2) is 12.4 Å². The molecule has 0 saturated carbocycles. The maximum atomic E-state index is 8.56. The third-order valence-electron chi connectivity index (χ3n) is 0.607. The number of nitrogens with one attached hydrogen (secondary N) is 1. The minimum atomic E-state index is -2.86. The van der Waals surface area contributed by atoms with Gasteiger partial charge in [0, 0.05) is 12.1 Å². The van der Waals surface area contributed by atoms with Crippen LogP contribution in [0.3, 0.4) is 0 Å². The largest absolute Gasteiger partial charge is 0.686 e. The molecule has 54 valence electrons. The van der Waals surface area contributed by atoms with Crippen molar-refractivity contribution in [2.24, 2.45) is 0 Å². The van der Waals surface area contributed by atoms with Crippen LogP contribution in [0.25, 0.3) is 4.78 Å². The summed E-state index contributed by atoms with van der Waals surface area (Å²) in [6.45, 7) is 0. The molecule has 1 heterocycles. The first-order chi connectivity index (χ1) is 4.73. The molecule has 0 aliphatic rings. The van der Waals surface area contributed by atoms with Gasteiger partial charge in [-0.25, -0.2) is 13.4 Å². The number of nitrogens with zero attached hydrogens (tertiary/aromatic N) is 1. The van der Waals surface area contributed by atoms with Crippen LogP contribution in [0.15, 0.2) is 30.6 Å². The van der Waals surface area contributed by atoms with Crippen molar-refractivity contribution >= 4 is 10.5 Å². The maximum Gasteiger partial charge on any atom is 0.166 e. The quantitative estimate of drug-likeness (QED) is 0.538. The molecule has 0 aliphatic heterocycles. The van der Waals surface area contributed by atoms with Crippen LogP contribution in [-0.4, -0.2) is 8.42 Å². The van der Waals surface area contributed by atoms with E-state index in [9.17, 15) is 0 Å². The van der Waals surface area contributed by atoms with Gasteiger partial charge in [-0.2, -0.15) is 0 Å². The van der Waals surface area contributed by atoms with Crippen molar-refractivity contribution in [2.45, 2.75) is 0 Å². The lowest BCUT2D eigenvalue weighted by Gasteiger charge is -1.63. The summed E-state index contributed by atoms with van der Waals surface area (Å²) < 4.78 is 24.1. The van der Waals surface area contributed by atoms with Gasteiger partial charge in [0.1, 0.15) is 10.5 Å². The summed E-state index contributed by atoms with van der Waals surface area (Å²) in [4.78, 5) is 2.89. The van der Waals surface area contributed by atoms with E-state index in [-0.39, 0.29) is 0 Å². The molecular formula is C5H6N2O2S. The molecule has 0 fully saturated rings. The fourth-order valence-corrected chi connectivity index (χ4v) is 0.342. The Labute approximate surface area is 60.0 Å². The lowest BCUT2D eigenvalue weighted by atomic mass is 10.5. The number of aromatic amines is 1. The predicted molar refractivity (Wildman–Crippen MR) is 35.3 cm³/mol. The van der Waals surface area contributed by atoms with Gasteiger partial charge in [0.2, 0.25) is 0 Å². The molecule has 1 rings (SSSR count). The molecule has 0 amide bonds. The summed E-state index contributed by atoms with van der Waals surface area (Å²) in [5.74, 6) is 0. The maximum absolute atomic E-state index is 8.56. The Kier molecular flexibility index (Phi) is 5.17. The van der Waals surface area contributed by atoms with Crippen LogP contribution in [0.2, 0.25) is 0 Å². The van der Waals surface area contributed by atoms with Crippen LogP contribution in [0.5, 0.6) is 0 Å². The zero-order valence-electron chi connectivity index (χ0n) is 5.06. The molecule has 0 aromatic carbocycles. The fourth-order valence-electron chi connectivity index (χ4n) is 0.342. The summed E-state index contributed by atoms with van der Waals surface area (Å²) in [6.07, 6.45) is 3.75. The second kappa shape index (κ2) is 5.90.